The van der Waals surface area contributed by atoms with Crippen molar-refractivity contribution in [2.45, 2.75) is 64.5 Å². The fourth-order valence-electron chi connectivity index (χ4n) is 2.80. The van der Waals surface area contributed by atoms with Crippen molar-refractivity contribution >= 4 is 8.32 Å². The van der Waals surface area contributed by atoms with E-state index in [1.54, 1.807) is 0 Å². The van der Waals surface area contributed by atoms with Gasteiger partial charge < -0.3 is 14.1 Å². The molecule has 0 spiro atoms. The van der Waals surface area contributed by atoms with Crippen molar-refractivity contribution in [3.63, 3.8) is 0 Å². The van der Waals surface area contributed by atoms with Gasteiger partial charge in [-0.05, 0) is 36.5 Å². The Morgan fingerprint density at radius 3 is 2.29 bits per heavy atom. The number of hydrogen-bond donors (Lipinski definition) is 0. The van der Waals surface area contributed by atoms with Gasteiger partial charge in [0.2, 0.25) is 0 Å². The Morgan fingerprint density at radius 2 is 1.71 bits per heavy atom. The van der Waals surface area contributed by atoms with Gasteiger partial charge in [0.15, 0.2) is 8.32 Å². The normalized spacial score (nSPS) is 18.0. The second-order valence-electron chi connectivity index (χ2n) is 8.46. The van der Waals surface area contributed by atoms with Crippen LogP contribution in [0.2, 0.25) is 18.1 Å². The summed E-state index contributed by atoms with van der Waals surface area (Å²) in [6, 6.07) is 10.4. The molecule has 1 fully saturated rings. The summed E-state index contributed by atoms with van der Waals surface area (Å²) in [7, 11) is -1.63. The number of likely N-dealkylation sites (tertiary alicyclic amines) is 1. The third kappa shape index (κ3) is 5.99. The van der Waals surface area contributed by atoms with E-state index in [2.05, 4.69) is 63.0 Å². The Bertz CT molecular complexity index is 476. The fraction of sp³-hybridized carbons (Fsp3) is 0.700. The zero-order chi connectivity index (χ0) is 17.6. The minimum absolute atomic E-state index is 0.301. The van der Waals surface area contributed by atoms with Crippen LogP contribution in [0, 0.1) is 0 Å². The lowest BCUT2D eigenvalue weighted by Gasteiger charge is -2.42. The lowest BCUT2D eigenvalue weighted by molar-refractivity contribution is 0.0554. The van der Waals surface area contributed by atoms with Gasteiger partial charge in [-0.1, -0.05) is 51.1 Å². The first-order valence-corrected chi connectivity index (χ1v) is 12.2. The molecular formula is C20H35NO2Si. The number of ether oxygens (including phenoxy) is 1. The van der Waals surface area contributed by atoms with Crippen LogP contribution in [-0.2, 0) is 15.8 Å². The van der Waals surface area contributed by atoms with Gasteiger partial charge in [-0.3, -0.25) is 0 Å². The van der Waals surface area contributed by atoms with Crippen LogP contribution in [-0.4, -0.2) is 45.6 Å². The maximum atomic E-state index is 6.56. The highest BCUT2D eigenvalue weighted by atomic mass is 28.4. The molecule has 0 N–H and O–H groups in total. The zero-order valence-corrected chi connectivity index (χ0v) is 17.2. The van der Waals surface area contributed by atoms with Crippen LogP contribution in [0.4, 0.5) is 0 Å². The summed E-state index contributed by atoms with van der Waals surface area (Å²) in [5.41, 5.74) is 1.25. The van der Waals surface area contributed by atoms with Gasteiger partial charge in [0.05, 0.1) is 13.2 Å². The summed E-state index contributed by atoms with van der Waals surface area (Å²) >= 11 is 0. The van der Waals surface area contributed by atoms with Crippen molar-refractivity contribution < 1.29 is 9.16 Å². The molecule has 0 unspecified atom stereocenters. The second kappa shape index (κ2) is 8.61. The van der Waals surface area contributed by atoms with Gasteiger partial charge in [-0.25, -0.2) is 0 Å². The van der Waals surface area contributed by atoms with Crippen LogP contribution in [0.25, 0.3) is 0 Å². The molecule has 1 aromatic carbocycles. The van der Waals surface area contributed by atoms with Gasteiger partial charge >= 0.3 is 0 Å². The van der Waals surface area contributed by atoms with E-state index in [-0.39, 0.29) is 0 Å². The Kier molecular flexibility index (Phi) is 7.05. The van der Waals surface area contributed by atoms with Crippen molar-refractivity contribution in [3.05, 3.63) is 35.9 Å². The fourth-order valence-corrected chi connectivity index (χ4v) is 4.22. The Morgan fingerprint density at radius 1 is 1.08 bits per heavy atom. The third-order valence-corrected chi connectivity index (χ3v) is 10.0. The molecule has 0 bridgehead atoms. The van der Waals surface area contributed by atoms with E-state index < -0.39 is 8.32 Å². The number of nitrogens with zero attached hydrogens (tertiary/aromatic N) is 1. The maximum absolute atomic E-state index is 6.56. The highest BCUT2D eigenvalue weighted by Gasteiger charge is 2.39. The first-order valence-electron chi connectivity index (χ1n) is 9.30. The number of benzene rings is 1. The molecule has 0 aliphatic carbocycles. The summed E-state index contributed by atoms with van der Waals surface area (Å²) in [6.07, 6.45) is 2.77. The monoisotopic (exact) mass is 349 g/mol. The molecule has 0 atom stereocenters. The van der Waals surface area contributed by atoms with Gasteiger partial charge in [0.1, 0.15) is 0 Å². The molecule has 1 aromatic rings. The Balaban J connectivity index is 1.63. The van der Waals surface area contributed by atoms with E-state index in [0.29, 0.717) is 17.7 Å². The van der Waals surface area contributed by atoms with Crippen molar-refractivity contribution in [1.29, 1.82) is 0 Å². The Labute approximate surface area is 149 Å². The van der Waals surface area contributed by atoms with Crippen LogP contribution in [0.3, 0.4) is 0 Å². The maximum Gasteiger partial charge on any atom is 0.192 e. The molecular weight excluding hydrogens is 314 g/mol. The van der Waals surface area contributed by atoms with Gasteiger partial charge in [-0.15, -0.1) is 0 Å². The highest BCUT2D eigenvalue weighted by Crippen LogP contribution is 2.38. The SMILES string of the molecule is CC(C)(C)[Si](C)(C)OC1CCN(CCOCc2ccccc2)CC1. The molecule has 0 saturated carbocycles. The molecule has 24 heavy (non-hydrogen) atoms. The zero-order valence-electron chi connectivity index (χ0n) is 16.2. The van der Waals surface area contributed by atoms with Crippen molar-refractivity contribution in [2.75, 3.05) is 26.2 Å². The summed E-state index contributed by atoms with van der Waals surface area (Å²) in [4.78, 5) is 2.51. The smallest absolute Gasteiger partial charge is 0.192 e. The van der Waals surface area contributed by atoms with Crippen LogP contribution in [0.15, 0.2) is 30.3 Å². The average Bonchev–Trinajstić information content (AvgIpc) is 2.53. The molecule has 1 heterocycles. The van der Waals surface area contributed by atoms with E-state index in [1.807, 2.05) is 6.07 Å². The standard InChI is InChI=1S/C20H35NO2Si/c1-20(2,3)24(4,5)23-19-11-13-21(14-12-19)15-16-22-17-18-9-7-6-8-10-18/h6-10,19H,11-17H2,1-5H3. The molecule has 1 aliphatic heterocycles. The van der Waals surface area contributed by atoms with Crippen molar-refractivity contribution in [2.24, 2.45) is 0 Å². The summed E-state index contributed by atoms with van der Waals surface area (Å²) in [5.74, 6) is 0. The predicted molar refractivity (Wildman–Crippen MR) is 104 cm³/mol. The lowest BCUT2D eigenvalue weighted by atomic mass is 10.1. The molecule has 2 rings (SSSR count). The van der Waals surface area contributed by atoms with E-state index >= 15 is 0 Å². The molecule has 136 valence electrons. The molecule has 1 saturated heterocycles. The molecule has 0 amide bonds. The largest absolute Gasteiger partial charge is 0.414 e. The first-order chi connectivity index (χ1) is 11.3. The van der Waals surface area contributed by atoms with E-state index in [4.69, 9.17) is 9.16 Å². The van der Waals surface area contributed by atoms with Crippen LogP contribution < -0.4 is 0 Å². The van der Waals surface area contributed by atoms with E-state index in [1.165, 1.54) is 5.56 Å². The lowest BCUT2D eigenvalue weighted by Crippen LogP contribution is -2.47. The predicted octanol–water partition coefficient (Wildman–Crippen LogP) is 4.69. The molecule has 0 aromatic heterocycles. The average molecular weight is 350 g/mol. The van der Waals surface area contributed by atoms with Crippen LogP contribution >= 0.6 is 0 Å². The number of rotatable bonds is 7. The molecule has 4 heteroatoms. The first kappa shape index (κ1) is 19.6. The van der Waals surface area contributed by atoms with Crippen LogP contribution in [0.5, 0.6) is 0 Å². The van der Waals surface area contributed by atoms with E-state index in [0.717, 1.165) is 39.1 Å². The minimum atomic E-state index is -1.63. The highest BCUT2D eigenvalue weighted by molar-refractivity contribution is 6.74. The number of piperidine rings is 1. The van der Waals surface area contributed by atoms with Gasteiger partial charge in [0, 0.05) is 25.7 Å². The van der Waals surface area contributed by atoms with Crippen LogP contribution in [0.1, 0.15) is 39.2 Å². The Hall–Kier alpha value is -0.683. The molecule has 1 aliphatic rings. The van der Waals surface area contributed by atoms with Gasteiger partial charge in [-0.2, -0.15) is 0 Å². The quantitative estimate of drug-likeness (QED) is 0.526. The topological polar surface area (TPSA) is 21.7 Å². The summed E-state index contributed by atoms with van der Waals surface area (Å²) < 4.78 is 12.4. The van der Waals surface area contributed by atoms with Crippen molar-refractivity contribution in [3.8, 4) is 0 Å². The van der Waals surface area contributed by atoms with Crippen molar-refractivity contribution in [1.82, 2.24) is 4.90 Å². The summed E-state index contributed by atoms with van der Waals surface area (Å²) in [6.45, 7) is 16.5. The molecule has 3 nitrogen and oxygen atoms in total. The van der Waals surface area contributed by atoms with Gasteiger partial charge in [0.25, 0.3) is 0 Å². The number of hydrogen-bond acceptors (Lipinski definition) is 3. The molecule has 0 radical (unpaired) electrons. The summed E-state index contributed by atoms with van der Waals surface area (Å²) in [5, 5.41) is 0.301. The minimum Gasteiger partial charge on any atom is -0.414 e. The second-order valence-corrected chi connectivity index (χ2v) is 13.2. The van der Waals surface area contributed by atoms with E-state index in [9.17, 15) is 0 Å². The third-order valence-electron chi connectivity index (χ3n) is 5.47.